The van der Waals surface area contributed by atoms with Crippen LogP contribution in [0, 0.1) is 5.82 Å². The SMILES string of the molecule is COc1cccc(-c2nc(CN3C(=O)NC(C)(c4ccc(F)cc4Cl)C3=O)cs2)c1. The van der Waals surface area contributed by atoms with Gasteiger partial charge in [-0.25, -0.2) is 14.2 Å². The molecule has 154 valence electrons. The van der Waals surface area contributed by atoms with Crippen molar-refractivity contribution in [2.24, 2.45) is 0 Å². The van der Waals surface area contributed by atoms with Gasteiger partial charge in [0.15, 0.2) is 0 Å². The molecule has 3 aromatic rings. The maximum absolute atomic E-state index is 13.4. The normalized spacial score (nSPS) is 18.6. The molecule has 0 aliphatic carbocycles. The van der Waals surface area contributed by atoms with Gasteiger partial charge < -0.3 is 10.1 Å². The molecule has 0 radical (unpaired) electrons. The van der Waals surface area contributed by atoms with Gasteiger partial charge >= 0.3 is 6.03 Å². The van der Waals surface area contributed by atoms with Gasteiger partial charge in [-0.1, -0.05) is 29.8 Å². The van der Waals surface area contributed by atoms with Crippen LogP contribution in [0.5, 0.6) is 5.75 Å². The summed E-state index contributed by atoms with van der Waals surface area (Å²) in [6.07, 6.45) is 0. The van der Waals surface area contributed by atoms with Crippen molar-refractivity contribution in [1.82, 2.24) is 15.2 Å². The first-order valence-corrected chi connectivity index (χ1v) is 10.3. The van der Waals surface area contributed by atoms with Crippen LogP contribution in [0.25, 0.3) is 10.6 Å². The predicted octanol–water partition coefficient (Wildman–Crippen LogP) is 4.58. The van der Waals surface area contributed by atoms with Gasteiger partial charge in [0.05, 0.1) is 19.3 Å². The van der Waals surface area contributed by atoms with E-state index in [1.54, 1.807) is 19.4 Å². The summed E-state index contributed by atoms with van der Waals surface area (Å²) in [5.41, 5.74) is 0.413. The molecule has 3 amide bonds. The summed E-state index contributed by atoms with van der Waals surface area (Å²) in [7, 11) is 1.59. The van der Waals surface area contributed by atoms with E-state index < -0.39 is 23.3 Å². The predicted molar refractivity (Wildman–Crippen MR) is 112 cm³/mol. The number of hydrogen-bond acceptors (Lipinski definition) is 5. The lowest BCUT2D eigenvalue weighted by molar-refractivity contribution is -0.131. The first kappa shape index (κ1) is 20.3. The average molecular weight is 446 g/mol. The second-order valence-corrected chi connectivity index (χ2v) is 8.21. The second kappa shape index (κ2) is 7.70. The summed E-state index contributed by atoms with van der Waals surface area (Å²) in [4.78, 5) is 31.3. The topological polar surface area (TPSA) is 71.5 Å². The van der Waals surface area contributed by atoms with Crippen LogP contribution >= 0.6 is 22.9 Å². The fourth-order valence-electron chi connectivity index (χ4n) is 3.35. The maximum atomic E-state index is 13.4. The fraction of sp³-hybridized carbons (Fsp3) is 0.190. The van der Waals surface area contributed by atoms with Crippen LogP contribution in [0.3, 0.4) is 0 Å². The number of ether oxygens (including phenoxy) is 1. The minimum atomic E-state index is -1.38. The van der Waals surface area contributed by atoms with Gasteiger partial charge in [-0.3, -0.25) is 9.69 Å². The third-order valence-corrected chi connectivity index (χ3v) is 6.19. The third kappa shape index (κ3) is 3.53. The zero-order valence-corrected chi connectivity index (χ0v) is 17.7. The van der Waals surface area contributed by atoms with E-state index in [0.29, 0.717) is 17.0 Å². The number of methoxy groups -OCH3 is 1. The van der Waals surface area contributed by atoms with E-state index >= 15 is 0 Å². The van der Waals surface area contributed by atoms with E-state index in [1.165, 1.54) is 23.5 Å². The highest BCUT2D eigenvalue weighted by atomic mass is 35.5. The summed E-state index contributed by atoms with van der Waals surface area (Å²) in [6, 6.07) is 10.6. The Morgan fingerprint density at radius 3 is 2.80 bits per heavy atom. The average Bonchev–Trinajstić information content (AvgIpc) is 3.27. The lowest BCUT2D eigenvalue weighted by Crippen LogP contribution is -2.41. The minimum absolute atomic E-state index is 0.0134. The number of nitrogens with zero attached hydrogens (tertiary/aromatic N) is 2. The van der Waals surface area contributed by atoms with Crippen LogP contribution in [-0.4, -0.2) is 28.9 Å². The van der Waals surface area contributed by atoms with E-state index in [1.807, 2.05) is 24.3 Å². The molecule has 2 heterocycles. The van der Waals surface area contributed by atoms with E-state index in [4.69, 9.17) is 16.3 Å². The zero-order chi connectivity index (χ0) is 21.5. The van der Waals surface area contributed by atoms with Gasteiger partial charge in [0, 0.05) is 21.5 Å². The molecule has 1 unspecified atom stereocenters. The molecule has 1 atom stereocenters. The number of nitrogens with one attached hydrogen (secondary N) is 1. The van der Waals surface area contributed by atoms with Crippen molar-refractivity contribution < 1.29 is 18.7 Å². The Hall–Kier alpha value is -2.97. The highest BCUT2D eigenvalue weighted by molar-refractivity contribution is 7.13. The first-order valence-electron chi connectivity index (χ1n) is 9.00. The number of imide groups is 1. The number of carbonyl (C=O) groups is 2. The van der Waals surface area contributed by atoms with Crippen LogP contribution in [0.15, 0.2) is 47.8 Å². The number of aromatic nitrogens is 1. The van der Waals surface area contributed by atoms with E-state index in [0.717, 1.165) is 21.5 Å². The van der Waals surface area contributed by atoms with Crippen molar-refractivity contribution in [3.8, 4) is 16.3 Å². The minimum Gasteiger partial charge on any atom is -0.497 e. The number of thiazole rings is 1. The molecule has 6 nitrogen and oxygen atoms in total. The van der Waals surface area contributed by atoms with Crippen LogP contribution in [0.1, 0.15) is 18.2 Å². The Morgan fingerprint density at radius 1 is 1.27 bits per heavy atom. The van der Waals surface area contributed by atoms with E-state index in [-0.39, 0.29) is 11.6 Å². The molecule has 4 rings (SSSR count). The summed E-state index contributed by atoms with van der Waals surface area (Å²) < 4.78 is 18.6. The number of rotatable bonds is 5. The lowest BCUT2D eigenvalue weighted by atomic mass is 9.92. The van der Waals surface area contributed by atoms with Crippen LogP contribution in [0.2, 0.25) is 5.02 Å². The van der Waals surface area contributed by atoms with E-state index in [2.05, 4.69) is 10.3 Å². The van der Waals surface area contributed by atoms with Gasteiger partial charge in [0.2, 0.25) is 0 Å². The molecule has 0 spiro atoms. The Bertz CT molecular complexity index is 1150. The molecule has 0 bridgehead atoms. The Kier molecular flexibility index (Phi) is 5.21. The molecular weight excluding hydrogens is 429 g/mol. The largest absolute Gasteiger partial charge is 0.497 e. The fourth-order valence-corrected chi connectivity index (χ4v) is 4.51. The van der Waals surface area contributed by atoms with Crippen molar-refractivity contribution in [3.63, 3.8) is 0 Å². The molecule has 30 heavy (non-hydrogen) atoms. The summed E-state index contributed by atoms with van der Waals surface area (Å²) in [5, 5.41) is 5.29. The molecular formula is C21H17ClFN3O3S. The van der Waals surface area contributed by atoms with Crippen molar-refractivity contribution >= 4 is 34.9 Å². The highest BCUT2D eigenvalue weighted by Gasteiger charge is 2.50. The van der Waals surface area contributed by atoms with Gasteiger partial charge in [0.25, 0.3) is 5.91 Å². The van der Waals surface area contributed by atoms with Crippen LogP contribution in [-0.2, 0) is 16.9 Å². The summed E-state index contributed by atoms with van der Waals surface area (Å²) >= 11 is 7.54. The first-order chi connectivity index (χ1) is 14.3. The van der Waals surface area contributed by atoms with Gasteiger partial charge in [-0.05, 0) is 31.2 Å². The van der Waals surface area contributed by atoms with Crippen molar-refractivity contribution in [3.05, 3.63) is 69.9 Å². The monoisotopic (exact) mass is 445 g/mol. The molecule has 9 heteroatoms. The smallest absolute Gasteiger partial charge is 0.325 e. The van der Waals surface area contributed by atoms with Crippen molar-refractivity contribution in [2.75, 3.05) is 7.11 Å². The standard InChI is InChI=1S/C21H17ClFN3O3S/c1-21(16-7-6-13(23)9-17(16)22)19(27)26(20(28)25-21)10-14-11-30-18(24-14)12-4-3-5-15(8-12)29-2/h3-9,11H,10H2,1-2H3,(H,25,28). The number of benzene rings is 2. The molecule has 1 fully saturated rings. The van der Waals surface area contributed by atoms with E-state index in [9.17, 15) is 14.0 Å². The molecule has 1 N–H and O–H groups in total. The van der Waals surface area contributed by atoms with Crippen molar-refractivity contribution in [1.29, 1.82) is 0 Å². The van der Waals surface area contributed by atoms with Gasteiger partial charge in [-0.2, -0.15) is 0 Å². The lowest BCUT2D eigenvalue weighted by Gasteiger charge is -2.23. The molecule has 0 saturated carbocycles. The quantitative estimate of drug-likeness (QED) is 0.583. The number of carbonyl (C=O) groups excluding carboxylic acids is 2. The highest BCUT2D eigenvalue weighted by Crippen LogP contribution is 2.35. The zero-order valence-electron chi connectivity index (χ0n) is 16.1. The summed E-state index contributed by atoms with van der Waals surface area (Å²) in [5.74, 6) is -0.282. The maximum Gasteiger partial charge on any atom is 0.325 e. The number of urea groups is 1. The Labute approximate surface area is 181 Å². The molecule has 1 aromatic heterocycles. The molecule has 1 aliphatic rings. The van der Waals surface area contributed by atoms with Gasteiger partial charge in [0.1, 0.15) is 22.1 Å². The van der Waals surface area contributed by atoms with Crippen LogP contribution < -0.4 is 10.1 Å². The molecule has 1 saturated heterocycles. The third-order valence-electron chi connectivity index (χ3n) is 4.93. The Morgan fingerprint density at radius 2 is 2.07 bits per heavy atom. The second-order valence-electron chi connectivity index (χ2n) is 6.95. The number of halogens is 2. The molecule has 1 aliphatic heterocycles. The van der Waals surface area contributed by atoms with Crippen molar-refractivity contribution in [2.45, 2.75) is 19.0 Å². The number of hydrogen-bond donors (Lipinski definition) is 1. The number of amides is 3. The Balaban J connectivity index is 1.58. The van der Waals surface area contributed by atoms with Crippen LogP contribution in [0.4, 0.5) is 9.18 Å². The van der Waals surface area contributed by atoms with Gasteiger partial charge in [-0.15, -0.1) is 11.3 Å². The summed E-state index contributed by atoms with van der Waals surface area (Å²) in [6.45, 7) is 1.56. The molecule has 2 aromatic carbocycles.